The fourth-order valence-electron chi connectivity index (χ4n) is 1.89. The van der Waals surface area contributed by atoms with E-state index in [2.05, 4.69) is 4.74 Å². The summed E-state index contributed by atoms with van der Waals surface area (Å²) in [6.07, 6.45) is -0.664. The first kappa shape index (κ1) is 11.4. The molecule has 0 aromatic carbocycles. The van der Waals surface area contributed by atoms with E-state index in [1.54, 1.807) is 0 Å². The summed E-state index contributed by atoms with van der Waals surface area (Å²) in [7, 11) is 1.34. The summed E-state index contributed by atoms with van der Waals surface area (Å²) >= 11 is 0. The highest BCUT2D eigenvalue weighted by Gasteiger charge is 2.42. The second kappa shape index (κ2) is 3.85. The van der Waals surface area contributed by atoms with Crippen molar-refractivity contribution in [1.29, 1.82) is 0 Å². The van der Waals surface area contributed by atoms with E-state index >= 15 is 0 Å². The van der Waals surface area contributed by atoms with Crippen LogP contribution in [0.25, 0.3) is 0 Å². The van der Waals surface area contributed by atoms with Crippen molar-refractivity contribution in [1.82, 2.24) is 4.90 Å². The molecule has 1 aliphatic heterocycles. The zero-order valence-corrected chi connectivity index (χ0v) is 9.21. The molecule has 3 nitrogen and oxygen atoms in total. The number of carbonyl (C=O) groups excluding carboxylic acids is 1. The SMILES string of the molecule is COC(=O)[C@H]1C[C@H](F)CN1C(C)(C)C. The first-order valence-electron chi connectivity index (χ1n) is 4.85. The number of carbonyl (C=O) groups is 1. The van der Waals surface area contributed by atoms with Crippen LogP contribution in [0.15, 0.2) is 0 Å². The molecule has 0 aromatic heterocycles. The molecule has 0 N–H and O–H groups in total. The van der Waals surface area contributed by atoms with Crippen molar-refractivity contribution in [3.63, 3.8) is 0 Å². The fraction of sp³-hybridized carbons (Fsp3) is 0.900. The smallest absolute Gasteiger partial charge is 0.323 e. The van der Waals surface area contributed by atoms with Gasteiger partial charge in [-0.15, -0.1) is 0 Å². The molecule has 0 spiro atoms. The number of esters is 1. The Labute approximate surface area is 84.2 Å². The molecule has 2 atom stereocenters. The van der Waals surface area contributed by atoms with Gasteiger partial charge in [0.1, 0.15) is 12.2 Å². The average Bonchev–Trinajstić information content (AvgIpc) is 2.45. The van der Waals surface area contributed by atoms with Gasteiger partial charge in [-0.2, -0.15) is 0 Å². The number of rotatable bonds is 1. The van der Waals surface area contributed by atoms with Crippen LogP contribution in [-0.4, -0.2) is 42.3 Å². The lowest BCUT2D eigenvalue weighted by molar-refractivity contribution is -0.147. The van der Waals surface area contributed by atoms with Crippen LogP contribution in [0.4, 0.5) is 4.39 Å². The molecule has 1 fully saturated rings. The molecular weight excluding hydrogens is 185 g/mol. The minimum Gasteiger partial charge on any atom is -0.468 e. The minimum atomic E-state index is -0.918. The molecule has 4 heteroatoms. The Bertz CT molecular complexity index is 225. The maximum Gasteiger partial charge on any atom is 0.323 e. The summed E-state index contributed by atoms with van der Waals surface area (Å²) in [4.78, 5) is 13.3. The Hall–Kier alpha value is -0.640. The van der Waals surface area contributed by atoms with Gasteiger partial charge in [-0.1, -0.05) is 0 Å². The summed E-state index contributed by atoms with van der Waals surface area (Å²) in [5, 5.41) is 0. The Morgan fingerprint density at radius 2 is 2.07 bits per heavy atom. The van der Waals surface area contributed by atoms with Gasteiger partial charge in [-0.05, 0) is 20.8 Å². The maximum atomic E-state index is 13.2. The third-order valence-corrected chi connectivity index (χ3v) is 2.58. The van der Waals surface area contributed by atoms with Crippen LogP contribution in [-0.2, 0) is 9.53 Å². The Morgan fingerprint density at radius 1 is 1.50 bits per heavy atom. The Morgan fingerprint density at radius 3 is 2.50 bits per heavy atom. The van der Waals surface area contributed by atoms with Crippen LogP contribution in [0.2, 0.25) is 0 Å². The molecule has 82 valence electrons. The quantitative estimate of drug-likeness (QED) is 0.603. The van der Waals surface area contributed by atoms with E-state index < -0.39 is 12.2 Å². The molecule has 14 heavy (non-hydrogen) atoms. The van der Waals surface area contributed by atoms with Gasteiger partial charge in [0.05, 0.1) is 7.11 Å². The number of halogens is 1. The standard InChI is InChI=1S/C10H18FNO2/c1-10(2,3)12-6-7(11)5-8(12)9(13)14-4/h7-8H,5-6H2,1-4H3/t7-,8+/m0/s1. The maximum absolute atomic E-state index is 13.2. The largest absolute Gasteiger partial charge is 0.468 e. The van der Waals surface area contributed by atoms with Crippen molar-refractivity contribution >= 4 is 5.97 Å². The minimum absolute atomic E-state index is 0.195. The van der Waals surface area contributed by atoms with E-state index in [4.69, 9.17) is 0 Å². The number of likely N-dealkylation sites (tertiary alicyclic amines) is 1. The van der Waals surface area contributed by atoms with E-state index in [1.165, 1.54) is 7.11 Å². The number of ether oxygens (including phenoxy) is 1. The molecule has 1 saturated heterocycles. The highest BCUT2D eigenvalue weighted by Crippen LogP contribution is 2.28. The molecule has 0 saturated carbocycles. The van der Waals surface area contributed by atoms with E-state index in [0.29, 0.717) is 6.54 Å². The second-order valence-corrected chi connectivity index (χ2v) is 4.70. The third kappa shape index (κ3) is 2.23. The van der Waals surface area contributed by atoms with E-state index in [-0.39, 0.29) is 17.9 Å². The number of nitrogens with zero attached hydrogens (tertiary/aromatic N) is 1. The average molecular weight is 203 g/mol. The predicted molar refractivity (Wildman–Crippen MR) is 51.8 cm³/mol. The van der Waals surface area contributed by atoms with Gasteiger partial charge < -0.3 is 4.74 Å². The zero-order chi connectivity index (χ0) is 10.9. The van der Waals surface area contributed by atoms with Crippen LogP contribution in [0.5, 0.6) is 0 Å². The van der Waals surface area contributed by atoms with Crippen LogP contribution in [0.3, 0.4) is 0 Å². The molecular formula is C10H18FNO2. The van der Waals surface area contributed by atoms with Gasteiger partial charge in [0.15, 0.2) is 0 Å². The van der Waals surface area contributed by atoms with Crippen molar-refractivity contribution in [3.8, 4) is 0 Å². The summed E-state index contributed by atoms with van der Waals surface area (Å²) in [6.45, 7) is 6.24. The topological polar surface area (TPSA) is 29.5 Å². The van der Waals surface area contributed by atoms with Crippen LogP contribution in [0, 0.1) is 0 Å². The van der Waals surface area contributed by atoms with Gasteiger partial charge in [-0.25, -0.2) is 4.39 Å². The van der Waals surface area contributed by atoms with Crippen LogP contribution < -0.4 is 0 Å². The van der Waals surface area contributed by atoms with Crippen molar-refractivity contribution < 1.29 is 13.9 Å². The normalized spacial score (nSPS) is 29.2. The van der Waals surface area contributed by atoms with Crippen molar-refractivity contribution in [2.24, 2.45) is 0 Å². The molecule has 1 heterocycles. The monoisotopic (exact) mass is 203 g/mol. The second-order valence-electron chi connectivity index (χ2n) is 4.70. The number of methoxy groups -OCH3 is 1. The van der Waals surface area contributed by atoms with E-state index in [0.717, 1.165) is 0 Å². The first-order valence-corrected chi connectivity index (χ1v) is 4.85. The lowest BCUT2D eigenvalue weighted by Crippen LogP contribution is -2.48. The number of hydrogen-bond donors (Lipinski definition) is 0. The van der Waals surface area contributed by atoms with Crippen LogP contribution >= 0.6 is 0 Å². The van der Waals surface area contributed by atoms with E-state index in [9.17, 15) is 9.18 Å². The Kier molecular flexibility index (Phi) is 3.14. The van der Waals surface area contributed by atoms with Crippen molar-refractivity contribution in [2.75, 3.05) is 13.7 Å². The lowest BCUT2D eigenvalue weighted by Gasteiger charge is -2.35. The zero-order valence-electron chi connectivity index (χ0n) is 9.21. The molecule has 0 unspecified atom stereocenters. The highest BCUT2D eigenvalue weighted by molar-refractivity contribution is 5.76. The van der Waals surface area contributed by atoms with Gasteiger partial charge in [0.2, 0.25) is 0 Å². The Balaban J connectivity index is 2.78. The van der Waals surface area contributed by atoms with E-state index in [1.807, 2.05) is 25.7 Å². The highest BCUT2D eigenvalue weighted by atomic mass is 19.1. The molecule has 1 rings (SSSR count). The van der Waals surface area contributed by atoms with Crippen molar-refractivity contribution in [2.45, 2.75) is 44.9 Å². The lowest BCUT2D eigenvalue weighted by atomic mass is 10.0. The van der Waals surface area contributed by atoms with Gasteiger partial charge in [0, 0.05) is 18.5 Å². The van der Waals surface area contributed by atoms with Crippen LogP contribution in [0.1, 0.15) is 27.2 Å². The summed E-state index contributed by atoms with van der Waals surface area (Å²) < 4.78 is 17.9. The van der Waals surface area contributed by atoms with Gasteiger partial charge in [-0.3, -0.25) is 9.69 Å². The first-order chi connectivity index (χ1) is 6.36. The molecule has 0 bridgehead atoms. The predicted octanol–water partition coefficient (Wildman–Crippen LogP) is 1.37. The molecule has 0 aromatic rings. The van der Waals surface area contributed by atoms with Gasteiger partial charge in [0.25, 0.3) is 0 Å². The van der Waals surface area contributed by atoms with Gasteiger partial charge >= 0.3 is 5.97 Å². The third-order valence-electron chi connectivity index (χ3n) is 2.58. The molecule has 0 aliphatic carbocycles. The summed E-state index contributed by atoms with van der Waals surface area (Å²) in [5.74, 6) is -0.333. The fourth-order valence-corrected chi connectivity index (χ4v) is 1.89. The molecule has 0 amide bonds. The molecule has 0 radical (unpaired) electrons. The number of alkyl halides is 1. The summed E-state index contributed by atoms with van der Waals surface area (Å²) in [5.41, 5.74) is -0.195. The van der Waals surface area contributed by atoms with Crippen molar-refractivity contribution in [3.05, 3.63) is 0 Å². The molecule has 1 aliphatic rings. The number of hydrogen-bond acceptors (Lipinski definition) is 3. The summed E-state index contributed by atoms with van der Waals surface area (Å²) in [6, 6.07) is -0.421.